The largest absolute Gasteiger partial charge is 0.476 e. The van der Waals surface area contributed by atoms with Crippen LogP contribution >= 0.6 is 23.2 Å². The molecule has 8 heteroatoms. The van der Waals surface area contributed by atoms with Crippen LogP contribution in [0, 0.1) is 6.92 Å². The van der Waals surface area contributed by atoms with Crippen LogP contribution < -0.4 is 0 Å². The number of hydrogen-bond donors (Lipinski definition) is 1. The number of aromatic carboxylic acids is 1. The third-order valence-electron chi connectivity index (χ3n) is 1.99. The lowest BCUT2D eigenvalue weighted by Gasteiger charge is -2.04. The monoisotopic (exact) mass is 272 g/mol. The molecule has 0 aliphatic heterocycles. The van der Waals surface area contributed by atoms with Gasteiger partial charge in [0.05, 0.1) is 21.9 Å². The highest BCUT2D eigenvalue weighted by Gasteiger charge is 2.14. The van der Waals surface area contributed by atoms with Gasteiger partial charge in [0.15, 0.2) is 11.5 Å². The second kappa shape index (κ2) is 4.31. The van der Waals surface area contributed by atoms with Crippen molar-refractivity contribution >= 4 is 29.2 Å². The van der Waals surface area contributed by atoms with Gasteiger partial charge in [0.25, 0.3) is 0 Å². The number of aromatic nitrogens is 4. The maximum absolute atomic E-state index is 10.7. The van der Waals surface area contributed by atoms with Gasteiger partial charge in [-0.15, -0.1) is 9.90 Å². The minimum absolute atomic E-state index is 0.185. The average molecular weight is 273 g/mol. The van der Waals surface area contributed by atoms with E-state index in [-0.39, 0.29) is 16.5 Å². The van der Waals surface area contributed by atoms with Crippen molar-refractivity contribution in [1.82, 2.24) is 20.0 Å². The highest BCUT2D eigenvalue weighted by molar-refractivity contribution is 6.35. The summed E-state index contributed by atoms with van der Waals surface area (Å²) in [5.41, 5.74) is 0.371. The quantitative estimate of drug-likeness (QED) is 0.904. The number of aryl methyl sites for hydroxylation is 1. The number of carboxylic acids is 1. The van der Waals surface area contributed by atoms with Crippen LogP contribution in [0.3, 0.4) is 0 Å². The molecule has 0 aliphatic rings. The molecule has 0 amide bonds. The Hall–Kier alpha value is -1.66. The molecule has 17 heavy (non-hydrogen) atoms. The molecule has 0 spiro atoms. The molecule has 0 saturated carbocycles. The first kappa shape index (κ1) is 11.8. The number of hydrogen-bond acceptors (Lipinski definition) is 4. The molecule has 0 aromatic carbocycles. The van der Waals surface area contributed by atoms with Crippen LogP contribution in [0.15, 0.2) is 12.3 Å². The SMILES string of the molecule is Cc1nc(-n2ncc(C(=O)O)n2)c(Cl)cc1Cl. The first-order chi connectivity index (χ1) is 7.99. The van der Waals surface area contributed by atoms with Crippen molar-refractivity contribution < 1.29 is 9.90 Å². The maximum Gasteiger partial charge on any atom is 0.358 e. The Morgan fingerprint density at radius 2 is 2.12 bits per heavy atom. The van der Waals surface area contributed by atoms with Gasteiger partial charge in [-0.2, -0.15) is 5.10 Å². The smallest absolute Gasteiger partial charge is 0.358 e. The average Bonchev–Trinajstić information content (AvgIpc) is 2.72. The standard InChI is InChI=1S/C9H6Cl2N4O2/c1-4-5(10)2-6(11)8(13-4)15-12-3-7(14-15)9(16)17/h2-3H,1H3,(H,16,17). The second-order valence-electron chi connectivity index (χ2n) is 3.19. The first-order valence-corrected chi connectivity index (χ1v) is 5.23. The topological polar surface area (TPSA) is 80.9 Å². The Bertz CT molecular complexity index is 597. The van der Waals surface area contributed by atoms with Crippen LogP contribution in [0.4, 0.5) is 0 Å². The molecule has 0 radical (unpaired) electrons. The number of nitrogens with zero attached hydrogens (tertiary/aromatic N) is 4. The zero-order valence-electron chi connectivity index (χ0n) is 8.55. The molecule has 2 heterocycles. The number of halogens is 2. The second-order valence-corrected chi connectivity index (χ2v) is 4.00. The zero-order valence-corrected chi connectivity index (χ0v) is 10.1. The van der Waals surface area contributed by atoms with Crippen molar-refractivity contribution in [2.24, 2.45) is 0 Å². The summed E-state index contributed by atoms with van der Waals surface area (Å²) >= 11 is 11.8. The van der Waals surface area contributed by atoms with Crippen LogP contribution in [-0.2, 0) is 0 Å². The first-order valence-electron chi connectivity index (χ1n) is 4.47. The third kappa shape index (κ3) is 2.22. The summed E-state index contributed by atoms with van der Waals surface area (Å²) in [5, 5.41) is 16.9. The molecule has 2 aromatic rings. The Morgan fingerprint density at radius 1 is 1.41 bits per heavy atom. The molecule has 0 saturated heterocycles. The summed E-state index contributed by atoms with van der Waals surface area (Å²) in [6.45, 7) is 1.70. The van der Waals surface area contributed by atoms with E-state index in [9.17, 15) is 4.79 Å². The van der Waals surface area contributed by atoms with Gasteiger partial charge < -0.3 is 5.11 Å². The molecule has 0 bridgehead atoms. The fraction of sp³-hybridized carbons (Fsp3) is 0.111. The van der Waals surface area contributed by atoms with Gasteiger partial charge in [-0.25, -0.2) is 9.78 Å². The van der Waals surface area contributed by atoms with Gasteiger partial charge in [0, 0.05) is 0 Å². The Morgan fingerprint density at radius 3 is 2.71 bits per heavy atom. The van der Waals surface area contributed by atoms with Crippen molar-refractivity contribution in [3.05, 3.63) is 33.7 Å². The molecule has 0 atom stereocenters. The van der Waals surface area contributed by atoms with E-state index in [0.29, 0.717) is 10.7 Å². The molecule has 2 aromatic heterocycles. The maximum atomic E-state index is 10.7. The van der Waals surface area contributed by atoms with Gasteiger partial charge in [0.2, 0.25) is 0 Å². The van der Waals surface area contributed by atoms with E-state index in [2.05, 4.69) is 15.2 Å². The van der Waals surface area contributed by atoms with Crippen molar-refractivity contribution in [3.8, 4) is 5.82 Å². The molecule has 0 fully saturated rings. The fourth-order valence-corrected chi connectivity index (χ4v) is 1.58. The van der Waals surface area contributed by atoms with Gasteiger partial charge in [-0.1, -0.05) is 23.2 Å². The molecule has 1 N–H and O–H groups in total. The third-order valence-corrected chi connectivity index (χ3v) is 2.65. The van der Waals surface area contributed by atoms with E-state index in [1.54, 1.807) is 6.92 Å². The van der Waals surface area contributed by atoms with E-state index < -0.39 is 5.97 Å². The van der Waals surface area contributed by atoms with E-state index in [1.807, 2.05) is 0 Å². The normalized spacial score (nSPS) is 10.5. The van der Waals surface area contributed by atoms with E-state index >= 15 is 0 Å². The van der Waals surface area contributed by atoms with Crippen LogP contribution in [0.2, 0.25) is 10.0 Å². The lowest BCUT2D eigenvalue weighted by atomic mass is 10.4. The number of carbonyl (C=O) groups is 1. The predicted octanol–water partition coefficient (Wildman–Crippen LogP) is 1.98. The summed E-state index contributed by atoms with van der Waals surface area (Å²) < 4.78 is 0. The van der Waals surface area contributed by atoms with E-state index in [1.165, 1.54) is 6.07 Å². The highest BCUT2D eigenvalue weighted by Crippen LogP contribution is 2.23. The number of carboxylic acid groups (broad SMARTS) is 1. The minimum Gasteiger partial charge on any atom is -0.476 e. The van der Waals surface area contributed by atoms with E-state index in [4.69, 9.17) is 28.3 Å². The lowest BCUT2D eigenvalue weighted by Crippen LogP contribution is -2.06. The molecular weight excluding hydrogens is 267 g/mol. The molecule has 2 rings (SSSR count). The fourth-order valence-electron chi connectivity index (χ4n) is 1.15. The molecule has 0 unspecified atom stereocenters. The Balaban J connectivity index is 2.52. The van der Waals surface area contributed by atoms with Crippen LogP contribution in [-0.4, -0.2) is 31.1 Å². The molecule has 6 nitrogen and oxygen atoms in total. The van der Waals surface area contributed by atoms with Gasteiger partial charge in [-0.05, 0) is 13.0 Å². The summed E-state index contributed by atoms with van der Waals surface area (Å²) in [7, 11) is 0. The molecule has 88 valence electrons. The predicted molar refractivity (Wildman–Crippen MR) is 60.9 cm³/mol. The van der Waals surface area contributed by atoms with Gasteiger partial charge in [-0.3, -0.25) is 0 Å². The van der Waals surface area contributed by atoms with Crippen LogP contribution in [0.25, 0.3) is 5.82 Å². The van der Waals surface area contributed by atoms with Crippen molar-refractivity contribution in [1.29, 1.82) is 0 Å². The Labute approximate surface area is 106 Å². The number of rotatable bonds is 2. The zero-order chi connectivity index (χ0) is 12.6. The number of pyridine rings is 1. The summed E-state index contributed by atoms with van der Waals surface area (Å²) in [6, 6.07) is 1.50. The van der Waals surface area contributed by atoms with E-state index in [0.717, 1.165) is 11.0 Å². The van der Waals surface area contributed by atoms with Crippen LogP contribution in [0.5, 0.6) is 0 Å². The van der Waals surface area contributed by atoms with Crippen molar-refractivity contribution in [3.63, 3.8) is 0 Å². The Kier molecular flexibility index (Phi) is 2.99. The van der Waals surface area contributed by atoms with Crippen molar-refractivity contribution in [2.75, 3.05) is 0 Å². The van der Waals surface area contributed by atoms with Gasteiger partial charge in [0.1, 0.15) is 0 Å². The van der Waals surface area contributed by atoms with Crippen molar-refractivity contribution in [2.45, 2.75) is 6.92 Å². The van der Waals surface area contributed by atoms with Gasteiger partial charge >= 0.3 is 5.97 Å². The summed E-state index contributed by atoms with van der Waals surface area (Å²) in [4.78, 5) is 15.8. The lowest BCUT2D eigenvalue weighted by molar-refractivity contribution is 0.0690. The molecule has 0 aliphatic carbocycles. The summed E-state index contributed by atoms with van der Waals surface area (Å²) in [6.07, 6.45) is 1.12. The summed E-state index contributed by atoms with van der Waals surface area (Å²) in [5.74, 6) is -0.931. The molecular formula is C9H6Cl2N4O2. The minimum atomic E-state index is -1.17. The van der Waals surface area contributed by atoms with Crippen LogP contribution in [0.1, 0.15) is 16.2 Å². The highest BCUT2D eigenvalue weighted by atomic mass is 35.5.